The molecule has 2 heterocycles. The van der Waals surface area contributed by atoms with E-state index in [1.54, 1.807) is 6.20 Å². The molecule has 0 unspecified atom stereocenters. The van der Waals surface area contributed by atoms with E-state index in [9.17, 15) is 4.79 Å². The van der Waals surface area contributed by atoms with Crippen molar-refractivity contribution in [2.75, 3.05) is 5.32 Å². The zero-order valence-corrected chi connectivity index (χ0v) is 13.3. The molecule has 0 saturated heterocycles. The summed E-state index contributed by atoms with van der Waals surface area (Å²) in [5.41, 5.74) is 2.91. The summed E-state index contributed by atoms with van der Waals surface area (Å²) in [6, 6.07) is 0. The predicted molar refractivity (Wildman–Crippen MR) is 82.4 cm³/mol. The van der Waals surface area contributed by atoms with Crippen molar-refractivity contribution in [1.29, 1.82) is 0 Å². The first-order valence-corrected chi connectivity index (χ1v) is 7.25. The van der Waals surface area contributed by atoms with Gasteiger partial charge in [-0.2, -0.15) is 5.10 Å². The first-order valence-electron chi connectivity index (χ1n) is 7.25. The van der Waals surface area contributed by atoms with Crippen LogP contribution in [0, 0.1) is 26.7 Å². The number of aromatic amines is 1. The molecule has 2 rings (SSSR count). The number of imidazole rings is 1. The van der Waals surface area contributed by atoms with E-state index in [1.165, 1.54) is 0 Å². The van der Waals surface area contributed by atoms with Crippen LogP contribution in [0.5, 0.6) is 0 Å². The van der Waals surface area contributed by atoms with Crippen molar-refractivity contribution in [3.8, 4) is 0 Å². The van der Waals surface area contributed by atoms with Gasteiger partial charge in [-0.25, -0.2) is 4.98 Å². The highest BCUT2D eigenvalue weighted by atomic mass is 16.1. The highest BCUT2D eigenvalue weighted by Crippen LogP contribution is 2.16. The number of anilines is 1. The van der Waals surface area contributed by atoms with Crippen molar-refractivity contribution in [2.45, 2.75) is 47.6 Å². The van der Waals surface area contributed by atoms with Crippen LogP contribution < -0.4 is 5.32 Å². The van der Waals surface area contributed by atoms with Gasteiger partial charge in [-0.3, -0.25) is 9.48 Å². The van der Waals surface area contributed by atoms with Gasteiger partial charge >= 0.3 is 0 Å². The minimum Gasteiger partial charge on any atom is -0.346 e. The highest BCUT2D eigenvalue weighted by Gasteiger charge is 2.16. The fourth-order valence-corrected chi connectivity index (χ4v) is 2.19. The number of aryl methyl sites for hydroxylation is 3. The Kier molecular flexibility index (Phi) is 4.45. The molecule has 0 fully saturated rings. The fourth-order valence-electron chi connectivity index (χ4n) is 2.19. The maximum absolute atomic E-state index is 12.2. The summed E-state index contributed by atoms with van der Waals surface area (Å²) in [4.78, 5) is 19.5. The van der Waals surface area contributed by atoms with E-state index in [-0.39, 0.29) is 5.91 Å². The molecule has 0 atom stereocenters. The van der Waals surface area contributed by atoms with E-state index in [0.717, 1.165) is 35.9 Å². The van der Waals surface area contributed by atoms with Gasteiger partial charge < -0.3 is 10.3 Å². The molecule has 2 aromatic rings. The van der Waals surface area contributed by atoms with Gasteiger partial charge in [-0.15, -0.1) is 0 Å². The maximum Gasteiger partial charge on any atom is 0.276 e. The quantitative estimate of drug-likeness (QED) is 0.888. The molecule has 0 aromatic carbocycles. The first-order chi connectivity index (χ1) is 9.88. The molecule has 0 aliphatic heterocycles. The van der Waals surface area contributed by atoms with E-state index in [2.05, 4.69) is 34.2 Å². The van der Waals surface area contributed by atoms with Crippen LogP contribution in [0.4, 0.5) is 5.69 Å². The molecule has 114 valence electrons. The minimum absolute atomic E-state index is 0.205. The lowest BCUT2D eigenvalue weighted by Crippen LogP contribution is -2.14. The molecule has 0 aliphatic rings. The van der Waals surface area contributed by atoms with Gasteiger partial charge in [0.2, 0.25) is 0 Å². The second kappa shape index (κ2) is 6.11. The Hall–Kier alpha value is -2.11. The van der Waals surface area contributed by atoms with Crippen LogP contribution in [0.3, 0.4) is 0 Å². The van der Waals surface area contributed by atoms with E-state index < -0.39 is 0 Å². The second-order valence-corrected chi connectivity index (χ2v) is 5.80. The topological polar surface area (TPSA) is 75.6 Å². The number of hydrogen-bond acceptors (Lipinski definition) is 3. The van der Waals surface area contributed by atoms with E-state index in [4.69, 9.17) is 0 Å². The third-order valence-electron chi connectivity index (χ3n) is 3.49. The molecule has 2 N–H and O–H groups in total. The second-order valence-electron chi connectivity index (χ2n) is 5.80. The first kappa shape index (κ1) is 15.3. The Bertz CT molecular complexity index is 639. The molecular weight excluding hydrogens is 266 g/mol. The number of amides is 1. The van der Waals surface area contributed by atoms with Crippen LogP contribution in [0.1, 0.15) is 48.0 Å². The number of H-pyrrole nitrogens is 1. The van der Waals surface area contributed by atoms with E-state index in [1.807, 2.05) is 25.5 Å². The summed E-state index contributed by atoms with van der Waals surface area (Å²) in [6.45, 7) is 10.9. The summed E-state index contributed by atoms with van der Waals surface area (Å²) in [7, 11) is 0. The number of carbonyl (C=O) groups is 1. The number of nitrogens with zero attached hydrogens (tertiary/aromatic N) is 3. The van der Waals surface area contributed by atoms with Crippen molar-refractivity contribution in [3.63, 3.8) is 0 Å². The van der Waals surface area contributed by atoms with Crippen molar-refractivity contribution < 1.29 is 4.79 Å². The van der Waals surface area contributed by atoms with Crippen molar-refractivity contribution in [2.24, 2.45) is 5.92 Å². The molecule has 1 amide bonds. The molecular formula is C15H23N5O. The van der Waals surface area contributed by atoms with Gasteiger partial charge in [0.05, 0.1) is 17.6 Å². The molecule has 2 aromatic heterocycles. The average Bonchev–Trinajstić information content (AvgIpc) is 2.91. The predicted octanol–water partition coefficient (Wildman–Crippen LogP) is 2.83. The number of rotatable bonds is 5. The lowest BCUT2D eigenvalue weighted by molar-refractivity contribution is 0.102. The Morgan fingerprint density at radius 1 is 1.38 bits per heavy atom. The van der Waals surface area contributed by atoms with E-state index in [0.29, 0.717) is 11.6 Å². The summed E-state index contributed by atoms with van der Waals surface area (Å²) >= 11 is 0. The van der Waals surface area contributed by atoms with Crippen LogP contribution in [-0.4, -0.2) is 25.7 Å². The zero-order chi connectivity index (χ0) is 15.6. The number of carbonyl (C=O) groups excluding carboxylic acids is 1. The number of hydrogen-bond donors (Lipinski definition) is 2. The number of nitrogens with one attached hydrogen (secondary N) is 2. The largest absolute Gasteiger partial charge is 0.346 e. The Morgan fingerprint density at radius 2 is 2.10 bits per heavy atom. The average molecular weight is 289 g/mol. The third-order valence-corrected chi connectivity index (χ3v) is 3.49. The summed E-state index contributed by atoms with van der Waals surface area (Å²) in [6.07, 6.45) is 2.76. The van der Waals surface area contributed by atoms with Gasteiger partial charge in [-0.1, -0.05) is 13.8 Å². The zero-order valence-electron chi connectivity index (χ0n) is 13.3. The van der Waals surface area contributed by atoms with Gasteiger partial charge in [0.15, 0.2) is 0 Å². The summed E-state index contributed by atoms with van der Waals surface area (Å²) < 4.78 is 1.93. The van der Waals surface area contributed by atoms with Crippen molar-refractivity contribution in [3.05, 3.63) is 29.1 Å². The lowest BCUT2D eigenvalue weighted by Gasteiger charge is -2.08. The van der Waals surface area contributed by atoms with E-state index >= 15 is 0 Å². The molecule has 21 heavy (non-hydrogen) atoms. The number of aromatic nitrogens is 4. The normalized spacial score (nSPS) is 11.1. The molecule has 0 aliphatic carbocycles. The van der Waals surface area contributed by atoms with Crippen LogP contribution in [0.25, 0.3) is 0 Å². The molecule has 0 radical (unpaired) electrons. The van der Waals surface area contributed by atoms with Crippen LogP contribution in [0.15, 0.2) is 6.20 Å². The Balaban J connectivity index is 2.10. The fraction of sp³-hybridized carbons (Fsp3) is 0.533. The van der Waals surface area contributed by atoms with Gasteiger partial charge in [0.1, 0.15) is 11.5 Å². The van der Waals surface area contributed by atoms with Gasteiger partial charge in [0.25, 0.3) is 5.91 Å². The molecule has 0 spiro atoms. The van der Waals surface area contributed by atoms with Crippen molar-refractivity contribution in [1.82, 2.24) is 19.7 Å². The standard InChI is InChI=1S/C15H23N5O/c1-9(2)6-7-20-11(4)13(8-16-20)19-15(21)14-10(3)17-12(5)18-14/h8-9H,6-7H2,1-5H3,(H,17,18)(H,19,21). The van der Waals surface area contributed by atoms with Crippen molar-refractivity contribution >= 4 is 11.6 Å². The summed E-state index contributed by atoms with van der Waals surface area (Å²) in [5.74, 6) is 1.16. The van der Waals surface area contributed by atoms with Gasteiger partial charge in [-0.05, 0) is 33.1 Å². The van der Waals surface area contributed by atoms with Crippen LogP contribution in [0.2, 0.25) is 0 Å². The highest BCUT2D eigenvalue weighted by molar-refractivity contribution is 6.03. The Labute approximate surface area is 125 Å². The maximum atomic E-state index is 12.2. The third kappa shape index (κ3) is 3.51. The minimum atomic E-state index is -0.205. The van der Waals surface area contributed by atoms with Gasteiger partial charge in [0, 0.05) is 12.2 Å². The molecule has 6 nitrogen and oxygen atoms in total. The molecule has 0 bridgehead atoms. The monoisotopic (exact) mass is 289 g/mol. The van der Waals surface area contributed by atoms with Crippen LogP contribution >= 0.6 is 0 Å². The molecule has 0 saturated carbocycles. The molecule has 6 heteroatoms. The SMILES string of the molecule is Cc1nc(C(=O)Nc2cnn(CCC(C)C)c2C)c(C)[nH]1. The lowest BCUT2D eigenvalue weighted by atomic mass is 10.1. The smallest absolute Gasteiger partial charge is 0.276 e. The summed E-state index contributed by atoms with van der Waals surface area (Å²) in [5, 5.41) is 7.22. The van der Waals surface area contributed by atoms with Crippen LogP contribution in [-0.2, 0) is 6.54 Å². The Morgan fingerprint density at radius 3 is 2.67 bits per heavy atom.